The lowest BCUT2D eigenvalue weighted by molar-refractivity contribution is 0.907. The molecule has 0 saturated heterocycles. The van der Waals surface area contributed by atoms with Crippen molar-refractivity contribution in [2.24, 2.45) is 0 Å². The maximum absolute atomic E-state index is 5.77. The van der Waals surface area contributed by atoms with Crippen molar-refractivity contribution in [3.63, 3.8) is 0 Å². The lowest BCUT2D eigenvalue weighted by Crippen LogP contribution is -1.94. The predicted octanol–water partition coefficient (Wildman–Crippen LogP) is 2.50. The molecule has 0 aliphatic heterocycles. The van der Waals surface area contributed by atoms with Crippen LogP contribution in [0.25, 0.3) is 16.9 Å². The summed E-state index contributed by atoms with van der Waals surface area (Å²) in [6, 6.07) is 0. The minimum absolute atomic E-state index is 0.267. The van der Waals surface area contributed by atoms with Gasteiger partial charge in [-0.2, -0.15) is 4.98 Å². The molecule has 0 aromatic carbocycles. The zero-order valence-corrected chi connectivity index (χ0v) is 8.78. The maximum atomic E-state index is 5.77. The van der Waals surface area contributed by atoms with Crippen LogP contribution in [0.1, 0.15) is 19.3 Å². The Morgan fingerprint density at radius 2 is 2.27 bits per heavy atom. The average Bonchev–Trinajstić information content (AvgIpc) is 2.83. The third-order valence-corrected chi connectivity index (χ3v) is 2.77. The second-order valence-corrected chi connectivity index (χ2v) is 3.89. The van der Waals surface area contributed by atoms with Crippen LogP contribution in [0.3, 0.4) is 0 Å². The molecule has 0 atom stereocenters. The summed E-state index contributed by atoms with van der Waals surface area (Å²) < 4.78 is 2.00. The molecule has 0 spiro atoms. The lowest BCUT2D eigenvalue weighted by atomic mass is 10.3. The normalized spacial score (nSPS) is 15.9. The second kappa shape index (κ2) is 3.31. The summed E-state index contributed by atoms with van der Waals surface area (Å²) in [6.07, 6.45) is 9.06. The molecule has 2 aromatic heterocycles. The summed E-state index contributed by atoms with van der Waals surface area (Å²) in [7, 11) is 0. The van der Waals surface area contributed by atoms with Crippen LogP contribution in [0.15, 0.2) is 18.6 Å². The first-order chi connectivity index (χ1) is 7.34. The Balaban J connectivity index is 2.22. The summed E-state index contributed by atoms with van der Waals surface area (Å²) in [6.45, 7) is 0. The molecule has 0 bridgehead atoms. The fourth-order valence-corrected chi connectivity index (χ4v) is 2.00. The van der Waals surface area contributed by atoms with Crippen molar-refractivity contribution >= 4 is 28.5 Å². The van der Waals surface area contributed by atoms with E-state index in [-0.39, 0.29) is 5.28 Å². The van der Waals surface area contributed by atoms with Gasteiger partial charge in [-0.1, -0.05) is 6.08 Å². The van der Waals surface area contributed by atoms with Gasteiger partial charge in [-0.05, 0) is 30.9 Å². The molecule has 0 radical (unpaired) electrons. The fraction of sp³-hybridized carbons (Fsp3) is 0.300. The highest BCUT2D eigenvalue weighted by Crippen LogP contribution is 2.25. The van der Waals surface area contributed by atoms with E-state index in [9.17, 15) is 0 Å². The van der Waals surface area contributed by atoms with Gasteiger partial charge in [0.25, 0.3) is 0 Å². The Hall–Kier alpha value is -1.42. The highest BCUT2D eigenvalue weighted by atomic mass is 35.5. The van der Waals surface area contributed by atoms with Crippen LogP contribution >= 0.6 is 11.6 Å². The monoisotopic (exact) mass is 220 g/mol. The highest BCUT2D eigenvalue weighted by Gasteiger charge is 2.11. The molecule has 4 nitrogen and oxygen atoms in total. The topological polar surface area (TPSA) is 43.6 Å². The predicted molar refractivity (Wildman–Crippen MR) is 58.5 cm³/mol. The standard InChI is InChI=1S/C10H9ClN4/c11-10-12-5-8-9(14-10)15(6-13-8)7-3-1-2-4-7/h3,5-6H,1-2,4H2. The number of imidazole rings is 1. The van der Waals surface area contributed by atoms with Crippen LogP contribution in [0.2, 0.25) is 5.28 Å². The molecule has 1 aliphatic carbocycles. The van der Waals surface area contributed by atoms with E-state index >= 15 is 0 Å². The van der Waals surface area contributed by atoms with Crippen LogP contribution in [0.4, 0.5) is 0 Å². The Morgan fingerprint density at radius 1 is 1.33 bits per heavy atom. The van der Waals surface area contributed by atoms with Crippen LogP contribution in [0, 0.1) is 0 Å². The third-order valence-electron chi connectivity index (χ3n) is 2.59. The molecular weight excluding hydrogens is 212 g/mol. The molecule has 2 heterocycles. The number of hydrogen-bond acceptors (Lipinski definition) is 3. The van der Waals surface area contributed by atoms with Gasteiger partial charge < -0.3 is 0 Å². The van der Waals surface area contributed by atoms with Gasteiger partial charge in [-0.25, -0.2) is 9.97 Å². The zero-order valence-electron chi connectivity index (χ0n) is 8.02. The minimum atomic E-state index is 0.267. The van der Waals surface area contributed by atoms with Gasteiger partial charge in [0.2, 0.25) is 5.28 Å². The van der Waals surface area contributed by atoms with Crippen LogP contribution in [0.5, 0.6) is 0 Å². The number of fused-ring (bicyclic) bond motifs is 1. The van der Waals surface area contributed by atoms with Gasteiger partial charge in [0.05, 0.1) is 6.20 Å². The van der Waals surface area contributed by atoms with E-state index in [1.54, 1.807) is 12.5 Å². The number of nitrogens with zero attached hydrogens (tertiary/aromatic N) is 4. The summed E-state index contributed by atoms with van der Waals surface area (Å²) in [5.74, 6) is 0. The lowest BCUT2D eigenvalue weighted by Gasteiger charge is -2.03. The molecule has 0 amide bonds. The van der Waals surface area contributed by atoms with E-state index in [1.807, 2.05) is 4.57 Å². The molecule has 0 fully saturated rings. The van der Waals surface area contributed by atoms with Gasteiger partial charge in [0.15, 0.2) is 5.65 Å². The number of hydrogen-bond donors (Lipinski definition) is 0. The summed E-state index contributed by atoms with van der Waals surface area (Å²) in [5, 5.41) is 0.267. The smallest absolute Gasteiger partial charge is 0.224 e. The molecule has 0 saturated carbocycles. The molecule has 1 aliphatic rings. The summed E-state index contributed by atoms with van der Waals surface area (Å²) in [5.41, 5.74) is 2.84. The van der Waals surface area contributed by atoms with Crippen molar-refractivity contribution in [1.29, 1.82) is 0 Å². The first-order valence-corrected chi connectivity index (χ1v) is 5.27. The van der Waals surface area contributed by atoms with E-state index in [2.05, 4.69) is 21.0 Å². The van der Waals surface area contributed by atoms with Crippen LogP contribution < -0.4 is 0 Å². The Kier molecular flexibility index (Phi) is 1.95. The van der Waals surface area contributed by atoms with Gasteiger partial charge in [0, 0.05) is 5.70 Å². The third kappa shape index (κ3) is 1.41. The molecule has 2 aromatic rings. The van der Waals surface area contributed by atoms with E-state index in [0.29, 0.717) is 0 Å². The fourth-order valence-electron chi connectivity index (χ4n) is 1.87. The van der Waals surface area contributed by atoms with E-state index in [0.717, 1.165) is 24.0 Å². The molecule has 0 N–H and O–H groups in total. The number of aromatic nitrogens is 4. The van der Waals surface area contributed by atoms with Crippen molar-refractivity contribution in [3.05, 3.63) is 23.9 Å². The molecule has 3 rings (SSSR count). The van der Waals surface area contributed by atoms with Gasteiger partial charge in [-0.3, -0.25) is 4.57 Å². The summed E-state index contributed by atoms with van der Waals surface area (Å²) >= 11 is 5.77. The van der Waals surface area contributed by atoms with Gasteiger partial charge in [0.1, 0.15) is 11.8 Å². The SMILES string of the molecule is Clc1ncc2ncn(C3=CCCC3)c2n1. The van der Waals surface area contributed by atoms with E-state index < -0.39 is 0 Å². The molecule has 76 valence electrons. The number of allylic oxidation sites excluding steroid dienone is 2. The Labute approximate surface area is 91.6 Å². The maximum Gasteiger partial charge on any atom is 0.224 e. The van der Waals surface area contributed by atoms with Crippen molar-refractivity contribution in [2.75, 3.05) is 0 Å². The zero-order chi connectivity index (χ0) is 10.3. The van der Waals surface area contributed by atoms with E-state index in [1.165, 1.54) is 12.1 Å². The highest BCUT2D eigenvalue weighted by molar-refractivity contribution is 6.28. The second-order valence-electron chi connectivity index (χ2n) is 3.55. The molecular formula is C10H9ClN4. The van der Waals surface area contributed by atoms with Gasteiger partial charge in [-0.15, -0.1) is 0 Å². The van der Waals surface area contributed by atoms with Crippen molar-refractivity contribution in [2.45, 2.75) is 19.3 Å². The summed E-state index contributed by atoms with van der Waals surface area (Å²) in [4.78, 5) is 12.3. The Bertz CT molecular complexity index is 543. The van der Waals surface area contributed by atoms with Crippen molar-refractivity contribution < 1.29 is 0 Å². The largest absolute Gasteiger partial charge is 0.287 e. The van der Waals surface area contributed by atoms with E-state index in [4.69, 9.17) is 11.6 Å². The quantitative estimate of drug-likeness (QED) is 0.694. The average molecular weight is 221 g/mol. The number of rotatable bonds is 1. The Morgan fingerprint density at radius 3 is 3.07 bits per heavy atom. The molecule has 0 unspecified atom stereocenters. The first-order valence-electron chi connectivity index (χ1n) is 4.89. The minimum Gasteiger partial charge on any atom is -0.287 e. The molecule has 5 heteroatoms. The first kappa shape index (κ1) is 8.85. The van der Waals surface area contributed by atoms with Crippen molar-refractivity contribution in [1.82, 2.24) is 19.5 Å². The van der Waals surface area contributed by atoms with Gasteiger partial charge >= 0.3 is 0 Å². The molecule has 15 heavy (non-hydrogen) atoms. The van der Waals surface area contributed by atoms with Crippen LogP contribution in [-0.2, 0) is 0 Å². The van der Waals surface area contributed by atoms with Crippen LogP contribution in [-0.4, -0.2) is 19.5 Å². The number of halogens is 1. The van der Waals surface area contributed by atoms with Crippen molar-refractivity contribution in [3.8, 4) is 0 Å².